The molecule has 34 heavy (non-hydrogen) atoms. The first-order valence-electron chi connectivity index (χ1n) is 9.35. The van der Waals surface area contributed by atoms with Crippen LogP contribution in [0.1, 0.15) is 11.3 Å². The van der Waals surface area contributed by atoms with E-state index < -0.39 is 38.7 Å². The van der Waals surface area contributed by atoms with Crippen molar-refractivity contribution in [3.05, 3.63) is 83.0 Å². The van der Waals surface area contributed by atoms with Crippen molar-refractivity contribution in [2.45, 2.75) is 20.4 Å². The predicted molar refractivity (Wildman–Crippen MR) is 118 cm³/mol. The minimum atomic E-state index is -1.03. The minimum Gasteiger partial charge on any atom is -0.457 e. The average molecular weight is 491 g/mol. The van der Waals surface area contributed by atoms with Crippen molar-refractivity contribution in [2.24, 2.45) is 0 Å². The van der Waals surface area contributed by atoms with Crippen LogP contribution in [-0.2, 0) is 11.3 Å². The molecule has 0 aliphatic rings. The van der Waals surface area contributed by atoms with E-state index >= 15 is 0 Å². The van der Waals surface area contributed by atoms with Crippen LogP contribution in [0.3, 0.4) is 0 Å². The van der Waals surface area contributed by atoms with Crippen molar-refractivity contribution in [3.63, 3.8) is 0 Å². The molecule has 3 aromatic rings. The number of hydrogen-bond donors (Lipinski definition) is 1. The summed E-state index contributed by atoms with van der Waals surface area (Å²) in [6.07, 6.45) is 0. The summed E-state index contributed by atoms with van der Waals surface area (Å²) in [6, 6.07) is 8.35. The number of amides is 1. The van der Waals surface area contributed by atoms with Gasteiger partial charge in [-0.2, -0.15) is 4.68 Å². The SMILES string of the molecule is Cc1cc(Oc2cc(NC(=O)Cn3nc([N+](=O)[O-])c([N+](=O)[O-])c3C)cc([N+](=O)[O-])c2)ccc1Cl. The van der Waals surface area contributed by atoms with E-state index in [1.165, 1.54) is 13.0 Å². The quantitative estimate of drug-likeness (QED) is 0.354. The summed E-state index contributed by atoms with van der Waals surface area (Å²) in [5.74, 6) is -1.39. The van der Waals surface area contributed by atoms with Gasteiger partial charge in [-0.05, 0) is 42.5 Å². The molecular weight excluding hydrogens is 476 g/mol. The highest BCUT2D eigenvalue weighted by atomic mass is 35.5. The zero-order valence-electron chi connectivity index (χ0n) is 17.6. The molecule has 1 amide bonds. The Bertz CT molecular complexity index is 1340. The number of anilines is 1. The molecule has 1 N–H and O–H groups in total. The summed E-state index contributed by atoms with van der Waals surface area (Å²) in [6.45, 7) is 2.34. The number of nitrogens with one attached hydrogen (secondary N) is 1. The van der Waals surface area contributed by atoms with E-state index in [0.717, 1.165) is 22.4 Å². The topological polar surface area (TPSA) is 186 Å². The van der Waals surface area contributed by atoms with Gasteiger partial charge in [0.05, 0.1) is 26.7 Å². The molecule has 14 nitrogen and oxygen atoms in total. The Morgan fingerprint density at radius 3 is 2.29 bits per heavy atom. The smallest absolute Gasteiger partial charge is 0.457 e. The van der Waals surface area contributed by atoms with Gasteiger partial charge in [0.25, 0.3) is 5.69 Å². The third kappa shape index (κ3) is 5.24. The Kier molecular flexibility index (Phi) is 6.72. The summed E-state index contributed by atoms with van der Waals surface area (Å²) in [5, 5.41) is 39.9. The molecule has 15 heteroatoms. The summed E-state index contributed by atoms with van der Waals surface area (Å²) in [4.78, 5) is 43.3. The van der Waals surface area contributed by atoms with Gasteiger partial charge in [0.2, 0.25) is 5.91 Å². The molecule has 0 saturated carbocycles. The Hall–Kier alpha value is -4.59. The van der Waals surface area contributed by atoms with E-state index in [1.807, 2.05) is 0 Å². The van der Waals surface area contributed by atoms with Crippen molar-refractivity contribution in [3.8, 4) is 11.5 Å². The van der Waals surface area contributed by atoms with Gasteiger partial charge in [-0.25, -0.2) is 0 Å². The Morgan fingerprint density at radius 1 is 1.03 bits per heavy atom. The zero-order valence-corrected chi connectivity index (χ0v) is 18.3. The van der Waals surface area contributed by atoms with Crippen LogP contribution >= 0.6 is 11.6 Å². The van der Waals surface area contributed by atoms with E-state index in [2.05, 4.69) is 10.4 Å². The summed E-state index contributed by atoms with van der Waals surface area (Å²) >= 11 is 5.98. The lowest BCUT2D eigenvalue weighted by atomic mass is 10.2. The molecule has 0 aliphatic heterocycles. The number of nitrogens with zero attached hydrogens (tertiary/aromatic N) is 5. The van der Waals surface area contributed by atoms with Gasteiger partial charge in [-0.15, -0.1) is 0 Å². The maximum absolute atomic E-state index is 12.5. The van der Waals surface area contributed by atoms with Gasteiger partial charge in [-0.1, -0.05) is 11.6 Å². The van der Waals surface area contributed by atoms with Crippen molar-refractivity contribution in [1.82, 2.24) is 9.78 Å². The van der Waals surface area contributed by atoms with Crippen LogP contribution in [0.2, 0.25) is 5.02 Å². The van der Waals surface area contributed by atoms with E-state index in [9.17, 15) is 35.1 Å². The van der Waals surface area contributed by atoms with Gasteiger partial charge < -0.3 is 20.2 Å². The number of nitro groups is 3. The minimum absolute atomic E-state index is 0.00584. The van der Waals surface area contributed by atoms with Gasteiger partial charge in [0.1, 0.15) is 23.7 Å². The van der Waals surface area contributed by atoms with Gasteiger partial charge in [0, 0.05) is 17.2 Å². The lowest BCUT2D eigenvalue weighted by Crippen LogP contribution is -2.20. The second-order valence-corrected chi connectivity index (χ2v) is 7.37. The molecule has 0 spiro atoms. The van der Waals surface area contributed by atoms with E-state index in [1.54, 1.807) is 25.1 Å². The van der Waals surface area contributed by atoms with Crippen molar-refractivity contribution < 1.29 is 24.3 Å². The zero-order chi connectivity index (χ0) is 25.2. The molecule has 0 aliphatic carbocycles. The van der Waals surface area contributed by atoms with Crippen LogP contribution in [0.5, 0.6) is 11.5 Å². The normalized spacial score (nSPS) is 10.6. The molecule has 0 fully saturated rings. The van der Waals surface area contributed by atoms with Crippen LogP contribution in [0, 0.1) is 44.2 Å². The van der Waals surface area contributed by atoms with Gasteiger partial charge in [0.15, 0.2) is 0 Å². The molecule has 0 radical (unpaired) electrons. The number of halogens is 1. The first-order chi connectivity index (χ1) is 16.0. The monoisotopic (exact) mass is 490 g/mol. The maximum atomic E-state index is 12.5. The summed E-state index contributed by atoms with van der Waals surface area (Å²) in [5.41, 5.74) is -0.695. The van der Waals surface area contributed by atoms with E-state index in [-0.39, 0.29) is 22.8 Å². The first-order valence-corrected chi connectivity index (χ1v) is 9.73. The highest BCUT2D eigenvalue weighted by Crippen LogP contribution is 2.32. The number of carbonyl (C=O) groups excluding carboxylic acids is 1. The highest BCUT2D eigenvalue weighted by molar-refractivity contribution is 6.31. The Morgan fingerprint density at radius 2 is 1.74 bits per heavy atom. The largest absolute Gasteiger partial charge is 0.468 e. The molecule has 0 unspecified atom stereocenters. The van der Waals surface area contributed by atoms with E-state index in [0.29, 0.717) is 10.8 Å². The van der Waals surface area contributed by atoms with Crippen molar-refractivity contribution >= 4 is 40.4 Å². The van der Waals surface area contributed by atoms with Crippen LogP contribution in [0.25, 0.3) is 0 Å². The van der Waals surface area contributed by atoms with Crippen LogP contribution in [0.4, 0.5) is 22.9 Å². The third-order valence-electron chi connectivity index (χ3n) is 4.56. The third-order valence-corrected chi connectivity index (χ3v) is 4.98. The standard InChI is InChI=1S/C19H15ClN6O8/c1-10-5-14(3-4-16(10)20)34-15-7-12(6-13(8-15)24(28)29)21-17(27)9-23-11(2)18(25(30)31)19(22-23)26(32)33/h3-8H,9H2,1-2H3,(H,21,27). The number of rotatable bonds is 8. The number of benzene rings is 2. The number of aryl methyl sites for hydroxylation is 1. The fourth-order valence-corrected chi connectivity index (χ4v) is 3.10. The second-order valence-electron chi connectivity index (χ2n) is 6.96. The number of aromatic nitrogens is 2. The number of ether oxygens (including phenoxy) is 1. The van der Waals surface area contributed by atoms with Crippen molar-refractivity contribution in [1.29, 1.82) is 0 Å². The van der Waals surface area contributed by atoms with Crippen LogP contribution in [0.15, 0.2) is 36.4 Å². The molecule has 0 atom stereocenters. The number of carbonyl (C=O) groups is 1. The predicted octanol–water partition coefficient (Wildman–Crippen LogP) is 4.31. The van der Waals surface area contributed by atoms with E-state index in [4.69, 9.17) is 16.3 Å². The van der Waals surface area contributed by atoms with Crippen LogP contribution < -0.4 is 10.1 Å². The van der Waals surface area contributed by atoms with Crippen LogP contribution in [-0.4, -0.2) is 30.5 Å². The highest BCUT2D eigenvalue weighted by Gasteiger charge is 2.35. The molecule has 0 bridgehead atoms. The fraction of sp³-hybridized carbons (Fsp3) is 0.158. The molecule has 1 aromatic heterocycles. The average Bonchev–Trinajstić information content (AvgIpc) is 3.07. The molecule has 176 valence electrons. The number of nitro benzene ring substituents is 1. The molecule has 1 heterocycles. The molecule has 3 rings (SSSR count). The first kappa shape index (κ1) is 24.1. The lowest BCUT2D eigenvalue weighted by molar-refractivity contribution is -0.424. The van der Waals surface area contributed by atoms with Gasteiger partial charge in [-0.3, -0.25) is 25.0 Å². The molecule has 2 aromatic carbocycles. The summed E-state index contributed by atoms with van der Waals surface area (Å²) in [7, 11) is 0. The number of non-ortho nitro benzene ring substituents is 1. The Labute approximate surface area is 195 Å². The van der Waals surface area contributed by atoms with Crippen molar-refractivity contribution in [2.75, 3.05) is 5.32 Å². The Balaban J connectivity index is 1.86. The molecular formula is C19H15ClN6O8. The summed E-state index contributed by atoms with van der Waals surface area (Å²) < 4.78 is 6.46. The lowest BCUT2D eigenvalue weighted by Gasteiger charge is -2.10. The second kappa shape index (κ2) is 9.50. The molecule has 0 saturated heterocycles. The fourth-order valence-electron chi connectivity index (χ4n) is 2.98. The maximum Gasteiger partial charge on any atom is 0.468 e. The number of hydrogen-bond acceptors (Lipinski definition) is 9. The van der Waals surface area contributed by atoms with Gasteiger partial charge >= 0.3 is 11.5 Å².